The van der Waals surface area contributed by atoms with Crippen LogP contribution in [0.1, 0.15) is 12.5 Å². The van der Waals surface area contributed by atoms with Crippen molar-refractivity contribution >= 4 is 29.5 Å². The Hall–Kier alpha value is -2.65. The molecule has 0 saturated carbocycles. The molecule has 2 saturated heterocycles. The van der Waals surface area contributed by atoms with Gasteiger partial charge in [-0.15, -0.1) is 23.5 Å². The van der Waals surface area contributed by atoms with Crippen LogP contribution in [-0.4, -0.2) is 23.6 Å². The molecule has 0 aliphatic carbocycles. The van der Waals surface area contributed by atoms with Gasteiger partial charge in [0.1, 0.15) is 10.00 Å². The number of nitriles is 4. The van der Waals surface area contributed by atoms with Gasteiger partial charge in [-0.25, -0.2) is 0 Å². The van der Waals surface area contributed by atoms with Crippen LogP contribution in [0.2, 0.25) is 0 Å². The molecular weight excluding hydrogens is 380 g/mol. The smallest absolute Gasteiger partial charge is 0.312 e. The lowest BCUT2D eigenvalue weighted by Gasteiger charge is -2.50. The molecule has 3 atom stereocenters. The molecule has 0 spiro atoms. The highest BCUT2D eigenvalue weighted by Crippen LogP contribution is 2.75. The second-order valence-corrected chi connectivity index (χ2v) is 9.13. The standard InChI is InChI=1S/C19H14N4O2S2/c1-2-25-16(24)15-14-8-26-19(27-14,13-6-4-3-5-7-13)18(11-22,12-23)17(15,9-20)10-21/h3-7,14-15H,2,8H2,1H3/t14-,15-,19+/m1/s1. The number of esters is 1. The van der Waals surface area contributed by atoms with E-state index in [0.29, 0.717) is 11.3 Å². The molecule has 1 aromatic carbocycles. The summed E-state index contributed by atoms with van der Waals surface area (Å²) in [6.07, 6.45) is 0. The number of hydrogen-bond acceptors (Lipinski definition) is 8. The van der Waals surface area contributed by atoms with Crippen LogP contribution < -0.4 is 0 Å². The summed E-state index contributed by atoms with van der Waals surface area (Å²) < 4.78 is 3.99. The van der Waals surface area contributed by atoms with Crippen molar-refractivity contribution in [1.82, 2.24) is 0 Å². The van der Waals surface area contributed by atoms with Gasteiger partial charge in [0.25, 0.3) is 0 Å². The number of thioether (sulfide) groups is 2. The van der Waals surface area contributed by atoms with Gasteiger partial charge in [0.2, 0.25) is 5.41 Å². The molecule has 3 rings (SSSR count). The van der Waals surface area contributed by atoms with E-state index in [1.807, 2.05) is 30.3 Å². The van der Waals surface area contributed by atoms with E-state index in [9.17, 15) is 25.8 Å². The first kappa shape index (κ1) is 19.1. The van der Waals surface area contributed by atoms with Crippen molar-refractivity contribution in [3.63, 3.8) is 0 Å². The summed E-state index contributed by atoms with van der Waals surface area (Å²) in [5, 5.41) is 40.0. The minimum atomic E-state index is -2.14. The third-order valence-electron chi connectivity index (χ3n) is 5.07. The van der Waals surface area contributed by atoms with Gasteiger partial charge in [-0.3, -0.25) is 4.79 Å². The van der Waals surface area contributed by atoms with Crippen molar-refractivity contribution < 1.29 is 9.53 Å². The highest BCUT2D eigenvalue weighted by atomic mass is 32.2. The second-order valence-electron chi connectivity index (χ2n) is 6.18. The number of benzene rings is 1. The topological polar surface area (TPSA) is 121 Å². The quantitative estimate of drug-likeness (QED) is 0.717. The maximum absolute atomic E-state index is 12.7. The van der Waals surface area contributed by atoms with E-state index >= 15 is 0 Å². The molecule has 2 bridgehead atoms. The van der Waals surface area contributed by atoms with Gasteiger partial charge in [0.05, 0.1) is 30.9 Å². The second kappa shape index (κ2) is 6.82. The minimum absolute atomic E-state index is 0.0860. The van der Waals surface area contributed by atoms with Crippen LogP contribution in [0.15, 0.2) is 30.3 Å². The Morgan fingerprint density at radius 1 is 1.15 bits per heavy atom. The highest BCUT2D eigenvalue weighted by molar-refractivity contribution is 8.21. The SMILES string of the molecule is CCOC(=O)[C@H]1[C@H]2CS[C@@](c3ccccc3)(S2)C(C#N)(C#N)C1(C#N)C#N. The lowest BCUT2D eigenvalue weighted by molar-refractivity contribution is -0.152. The van der Waals surface area contributed by atoms with Gasteiger partial charge in [-0.05, 0) is 12.5 Å². The molecule has 1 aromatic rings. The molecule has 134 valence electrons. The molecule has 6 nitrogen and oxygen atoms in total. The number of hydrogen-bond donors (Lipinski definition) is 0. The highest BCUT2D eigenvalue weighted by Gasteiger charge is 2.79. The largest absolute Gasteiger partial charge is 0.466 e. The molecule has 0 radical (unpaired) electrons. The fraction of sp³-hybridized carbons (Fsp3) is 0.421. The molecule has 8 heteroatoms. The molecule has 2 heterocycles. The first-order chi connectivity index (χ1) is 13.0. The molecule has 27 heavy (non-hydrogen) atoms. The molecule has 0 unspecified atom stereocenters. The van der Waals surface area contributed by atoms with Crippen molar-refractivity contribution in [3.8, 4) is 24.3 Å². The van der Waals surface area contributed by atoms with Gasteiger partial charge in [0.15, 0.2) is 5.41 Å². The molecule has 0 N–H and O–H groups in total. The van der Waals surface area contributed by atoms with Gasteiger partial charge in [0, 0.05) is 11.0 Å². The van der Waals surface area contributed by atoms with Crippen molar-refractivity contribution in [1.29, 1.82) is 21.0 Å². The van der Waals surface area contributed by atoms with Crippen molar-refractivity contribution in [2.45, 2.75) is 16.3 Å². The minimum Gasteiger partial charge on any atom is -0.466 e. The average molecular weight is 394 g/mol. The number of carbonyl (C=O) groups is 1. The Bertz CT molecular complexity index is 910. The van der Waals surface area contributed by atoms with Crippen LogP contribution in [-0.2, 0) is 13.6 Å². The average Bonchev–Trinajstić information content (AvgIpc) is 3.11. The Morgan fingerprint density at radius 3 is 2.30 bits per heavy atom. The lowest BCUT2D eigenvalue weighted by Crippen LogP contribution is -2.60. The molecule has 2 aliphatic rings. The predicted molar refractivity (Wildman–Crippen MR) is 99.4 cm³/mol. The fourth-order valence-electron chi connectivity index (χ4n) is 3.88. The van der Waals surface area contributed by atoms with Crippen molar-refractivity contribution in [3.05, 3.63) is 35.9 Å². The zero-order valence-corrected chi connectivity index (χ0v) is 16.0. The number of nitrogens with zero attached hydrogens (tertiary/aromatic N) is 4. The summed E-state index contributed by atoms with van der Waals surface area (Å²) in [5.74, 6) is -1.46. The first-order valence-electron chi connectivity index (χ1n) is 8.21. The van der Waals surface area contributed by atoms with Crippen LogP contribution in [0.25, 0.3) is 0 Å². The van der Waals surface area contributed by atoms with Gasteiger partial charge in [-0.1, -0.05) is 30.3 Å². The van der Waals surface area contributed by atoms with Crippen molar-refractivity contribution in [2.75, 3.05) is 12.4 Å². The van der Waals surface area contributed by atoms with E-state index < -0.39 is 32.0 Å². The predicted octanol–water partition coefficient (Wildman–Crippen LogP) is 2.95. The van der Waals surface area contributed by atoms with E-state index in [4.69, 9.17) is 4.74 Å². The summed E-state index contributed by atoms with van der Waals surface area (Å²) in [4.78, 5) is 12.7. The van der Waals surface area contributed by atoms with Crippen LogP contribution >= 0.6 is 23.5 Å². The molecule has 2 fully saturated rings. The number of ether oxygens (including phenoxy) is 1. The zero-order chi connectivity index (χ0) is 19.7. The number of carbonyl (C=O) groups excluding carboxylic acids is 1. The van der Waals surface area contributed by atoms with Crippen LogP contribution in [0, 0.1) is 62.1 Å². The third kappa shape index (κ3) is 2.21. The maximum atomic E-state index is 12.7. The Labute approximate surface area is 165 Å². The van der Waals surface area contributed by atoms with E-state index in [1.54, 1.807) is 31.2 Å². The Balaban J connectivity index is 2.35. The maximum Gasteiger partial charge on any atom is 0.312 e. The third-order valence-corrected chi connectivity index (χ3v) is 9.02. The van der Waals surface area contributed by atoms with Gasteiger partial charge >= 0.3 is 5.97 Å². The van der Waals surface area contributed by atoms with Gasteiger partial charge in [-0.2, -0.15) is 21.0 Å². The summed E-state index contributed by atoms with van der Waals surface area (Å²) in [7, 11) is 0. The summed E-state index contributed by atoms with van der Waals surface area (Å²) >= 11 is 2.67. The number of fused-ring (bicyclic) bond motifs is 2. The Morgan fingerprint density at radius 2 is 1.78 bits per heavy atom. The first-order valence-corrected chi connectivity index (χ1v) is 10.1. The van der Waals surface area contributed by atoms with Crippen LogP contribution in [0.5, 0.6) is 0 Å². The summed E-state index contributed by atoms with van der Waals surface area (Å²) in [6.45, 7) is 1.72. The molecule has 0 amide bonds. The van der Waals surface area contributed by atoms with Crippen LogP contribution in [0.4, 0.5) is 0 Å². The summed E-state index contributed by atoms with van der Waals surface area (Å²) in [6, 6.07) is 16.8. The summed E-state index contributed by atoms with van der Waals surface area (Å²) in [5.41, 5.74) is -3.51. The van der Waals surface area contributed by atoms with E-state index in [0.717, 1.165) is 0 Å². The monoisotopic (exact) mass is 394 g/mol. The fourth-order valence-corrected chi connectivity index (χ4v) is 8.14. The Kier molecular flexibility index (Phi) is 4.83. The van der Waals surface area contributed by atoms with Crippen molar-refractivity contribution in [2.24, 2.45) is 16.7 Å². The van der Waals surface area contributed by atoms with E-state index in [-0.39, 0.29) is 6.61 Å². The molecule has 0 aromatic heterocycles. The van der Waals surface area contributed by atoms with Crippen LogP contribution in [0.3, 0.4) is 0 Å². The molecule has 2 aliphatic heterocycles. The normalized spacial score (nSPS) is 29.4. The molecular formula is C19H14N4O2S2. The van der Waals surface area contributed by atoms with Gasteiger partial charge < -0.3 is 4.74 Å². The van der Waals surface area contributed by atoms with E-state index in [1.165, 1.54) is 23.5 Å². The zero-order valence-electron chi connectivity index (χ0n) is 14.4. The number of rotatable bonds is 3. The van der Waals surface area contributed by atoms with E-state index in [2.05, 4.69) is 0 Å². The lowest BCUT2D eigenvalue weighted by atomic mass is 9.56.